The Morgan fingerprint density at radius 2 is 1.70 bits per heavy atom. The Balaban J connectivity index is 1.74. The van der Waals surface area contributed by atoms with Crippen LogP contribution in [0.3, 0.4) is 0 Å². The van der Waals surface area contributed by atoms with E-state index in [1.54, 1.807) is 24.3 Å². The number of hydrogen-bond acceptors (Lipinski definition) is 4. The fraction of sp³-hybridized carbons (Fsp3) is 0.348. The lowest BCUT2D eigenvalue weighted by molar-refractivity contribution is -0.121. The molecular weight excluding hydrogens is 380 g/mol. The summed E-state index contributed by atoms with van der Waals surface area (Å²) < 4.78 is 1.30. The van der Waals surface area contributed by atoms with Crippen molar-refractivity contribution in [3.8, 4) is 0 Å². The third kappa shape index (κ3) is 5.04. The first kappa shape index (κ1) is 21.5. The molecule has 2 aromatic carbocycles. The third-order valence-electron chi connectivity index (χ3n) is 5.38. The van der Waals surface area contributed by atoms with E-state index >= 15 is 0 Å². The molecule has 1 unspecified atom stereocenters. The van der Waals surface area contributed by atoms with Gasteiger partial charge in [0.25, 0.3) is 5.56 Å². The number of likely N-dealkylation sites (N-methyl/N-ethyl adjacent to an activating group) is 1. The molecule has 1 aromatic heterocycles. The molecule has 3 aromatic rings. The Morgan fingerprint density at radius 1 is 1.03 bits per heavy atom. The second-order valence-corrected chi connectivity index (χ2v) is 7.23. The number of fused-ring (bicyclic) bond motifs is 1. The maximum Gasteiger partial charge on any atom is 0.329 e. The summed E-state index contributed by atoms with van der Waals surface area (Å²) in [7, 11) is 0. The standard InChI is InChI=1S/C23H28N4O3/c1-3-26(4-2)18(14-17-10-6-5-7-11-17)15-24-21(28)16-27-20-13-9-8-12-19(20)22(29)25-23(27)30/h5-13,18H,3-4,14-16H2,1-2H3,(H,24,28)(H,25,29,30). The predicted molar refractivity (Wildman–Crippen MR) is 119 cm³/mol. The molecule has 0 bridgehead atoms. The van der Waals surface area contributed by atoms with E-state index in [4.69, 9.17) is 0 Å². The van der Waals surface area contributed by atoms with Crippen LogP contribution in [0.15, 0.2) is 64.2 Å². The zero-order valence-corrected chi connectivity index (χ0v) is 17.4. The predicted octanol–water partition coefficient (Wildman–Crippen LogP) is 1.76. The quantitative estimate of drug-likeness (QED) is 0.565. The number of amides is 1. The van der Waals surface area contributed by atoms with Gasteiger partial charge >= 0.3 is 5.69 Å². The van der Waals surface area contributed by atoms with Gasteiger partial charge < -0.3 is 5.32 Å². The number of nitrogens with zero attached hydrogens (tertiary/aromatic N) is 2. The van der Waals surface area contributed by atoms with Crippen molar-refractivity contribution in [1.82, 2.24) is 19.8 Å². The van der Waals surface area contributed by atoms with Gasteiger partial charge in [-0.3, -0.25) is 24.0 Å². The molecule has 30 heavy (non-hydrogen) atoms. The van der Waals surface area contributed by atoms with Crippen LogP contribution in [0.1, 0.15) is 19.4 Å². The van der Waals surface area contributed by atoms with E-state index in [0.717, 1.165) is 19.5 Å². The molecule has 1 heterocycles. The Bertz CT molecular complexity index is 1100. The molecule has 7 heteroatoms. The molecule has 0 spiro atoms. The largest absolute Gasteiger partial charge is 0.353 e. The summed E-state index contributed by atoms with van der Waals surface area (Å²) in [6, 6.07) is 17.1. The Morgan fingerprint density at radius 3 is 2.40 bits per heavy atom. The van der Waals surface area contributed by atoms with Crippen molar-refractivity contribution >= 4 is 16.8 Å². The van der Waals surface area contributed by atoms with Gasteiger partial charge in [0.15, 0.2) is 0 Å². The second kappa shape index (κ2) is 10.0. The Hall–Kier alpha value is -3.19. The molecule has 1 atom stereocenters. The normalized spacial score (nSPS) is 12.2. The molecule has 0 fully saturated rings. The zero-order valence-electron chi connectivity index (χ0n) is 17.4. The third-order valence-corrected chi connectivity index (χ3v) is 5.38. The van der Waals surface area contributed by atoms with E-state index in [9.17, 15) is 14.4 Å². The van der Waals surface area contributed by atoms with Crippen molar-refractivity contribution in [2.45, 2.75) is 32.9 Å². The van der Waals surface area contributed by atoms with Crippen LogP contribution in [-0.2, 0) is 17.8 Å². The highest BCUT2D eigenvalue weighted by Crippen LogP contribution is 2.09. The van der Waals surface area contributed by atoms with E-state index in [2.05, 4.69) is 41.2 Å². The van der Waals surface area contributed by atoms with E-state index in [-0.39, 0.29) is 18.5 Å². The van der Waals surface area contributed by atoms with Gasteiger partial charge in [0.2, 0.25) is 5.91 Å². The SMILES string of the molecule is CCN(CC)C(CNC(=O)Cn1c(=O)[nH]c(=O)c2ccccc21)Cc1ccccc1. The minimum Gasteiger partial charge on any atom is -0.353 e. The first-order valence-corrected chi connectivity index (χ1v) is 10.3. The molecule has 0 aliphatic carbocycles. The van der Waals surface area contributed by atoms with Gasteiger partial charge in [-0.1, -0.05) is 56.3 Å². The van der Waals surface area contributed by atoms with Crippen molar-refractivity contribution in [2.24, 2.45) is 0 Å². The smallest absolute Gasteiger partial charge is 0.329 e. The van der Waals surface area contributed by atoms with Gasteiger partial charge in [-0.2, -0.15) is 0 Å². The number of aromatic nitrogens is 2. The number of nitrogens with one attached hydrogen (secondary N) is 2. The molecular formula is C23H28N4O3. The molecule has 7 nitrogen and oxygen atoms in total. The summed E-state index contributed by atoms with van der Waals surface area (Å²) >= 11 is 0. The summed E-state index contributed by atoms with van der Waals surface area (Å²) in [5, 5.41) is 3.36. The lowest BCUT2D eigenvalue weighted by Gasteiger charge is -2.30. The Labute approximate surface area is 175 Å². The van der Waals surface area contributed by atoms with Crippen LogP contribution in [0.4, 0.5) is 0 Å². The summed E-state index contributed by atoms with van der Waals surface area (Å²) in [5.74, 6) is -0.264. The highest BCUT2D eigenvalue weighted by atomic mass is 16.2. The van der Waals surface area contributed by atoms with Gasteiger partial charge in [0.1, 0.15) is 6.54 Å². The number of H-pyrrole nitrogens is 1. The minimum absolute atomic E-state index is 0.146. The molecule has 1 amide bonds. The number of carbonyl (C=O) groups excluding carboxylic acids is 1. The summed E-state index contributed by atoms with van der Waals surface area (Å²) in [5.41, 5.74) is 0.632. The van der Waals surface area contributed by atoms with Gasteiger partial charge in [0.05, 0.1) is 10.9 Å². The van der Waals surface area contributed by atoms with Crippen LogP contribution in [-0.4, -0.2) is 46.0 Å². The highest BCUT2D eigenvalue weighted by molar-refractivity contribution is 5.81. The zero-order chi connectivity index (χ0) is 21.5. The molecule has 3 rings (SSSR count). The van der Waals surface area contributed by atoms with Crippen LogP contribution in [0.2, 0.25) is 0 Å². The topological polar surface area (TPSA) is 87.2 Å². The monoisotopic (exact) mass is 408 g/mol. The van der Waals surface area contributed by atoms with Gasteiger partial charge in [-0.15, -0.1) is 0 Å². The van der Waals surface area contributed by atoms with Crippen molar-refractivity contribution in [1.29, 1.82) is 0 Å². The maximum atomic E-state index is 12.7. The molecule has 158 valence electrons. The van der Waals surface area contributed by atoms with Gasteiger partial charge in [-0.05, 0) is 37.2 Å². The van der Waals surface area contributed by atoms with Gasteiger partial charge in [-0.25, -0.2) is 4.79 Å². The average molecular weight is 409 g/mol. The summed E-state index contributed by atoms with van der Waals surface area (Å²) in [6.45, 7) is 6.31. The van der Waals surface area contributed by atoms with Crippen molar-refractivity contribution < 1.29 is 4.79 Å². The maximum absolute atomic E-state index is 12.7. The fourth-order valence-electron chi connectivity index (χ4n) is 3.79. The second-order valence-electron chi connectivity index (χ2n) is 7.23. The first-order valence-electron chi connectivity index (χ1n) is 10.3. The number of carbonyl (C=O) groups is 1. The number of para-hydroxylation sites is 1. The summed E-state index contributed by atoms with van der Waals surface area (Å²) in [4.78, 5) is 41.5. The van der Waals surface area contributed by atoms with Crippen LogP contribution in [0.5, 0.6) is 0 Å². The number of aromatic amines is 1. The Kier molecular flexibility index (Phi) is 7.19. The number of rotatable bonds is 9. The molecule has 0 saturated heterocycles. The molecule has 0 radical (unpaired) electrons. The molecule has 0 aliphatic heterocycles. The van der Waals surface area contributed by atoms with E-state index in [1.165, 1.54) is 10.1 Å². The number of hydrogen-bond donors (Lipinski definition) is 2. The van der Waals surface area contributed by atoms with E-state index < -0.39 is 11.2 Å². The van der Waals surface area contributed by atoms with Crippen LogP contribution in [0, 0.1) is 0 Å². The van der Waals surface area contributed by atoms with E-state index in [0.29, 0.717) is 17.4 Å². The number of benzene rings is 2. The molecule has 0 aliphatic rings. The lowest BCUT2D eigenvalue weighted by atomic mass is 10.0. The van der Waals surface area contributed by atoms with Crippen molar-refractivity contribution in [2.75, 3.05) is 19.6 Å². The van der Waals surface area contributed by atoms with Crippen LogP contribution >= 0.6 is 0 Å². The van der Waals surface area contributed by atoms with Crippen molar-refractivity contribution in [3.63, 3.8) is 0 Å². The average Bonchev–Trinajstić information content (AvgIpc) is 2.76. The molecule has 0 saturated carbocycles. The minimum atomic E-state index is -0.585. The van der Waals surface area contributed by atoms with E-state index in [1.807, 2.05) is 18.2 Å². The summed E-state index contributed by atoms with van der Waals surface area (Å²) in [6.07, 6.45) is 0.824. The lowest BCUT2D eigenvalue weighted by Crippen LogP contribution is -2.46. The van der Waals surface area contributed by atoms with Gasteiger partial charge in [0, 0.05) is 12.6 Å². The fourth-order valence-corrected chi connectivity index (χ4v) is 3.79. The van der Waals surface area contributed by atoms with Crippen LogP contribution < -0.4 is 16.6 Å². The first-order chi connectivity index (χ1) is 14.5. The van der Waals surface area contributed by atoms with Crippen molar-refractivity contribution in [3.05, 3.63) is 81.0 Å². The molecule has 2 N–H and O–H groups in total. The van der Waals surface area contributed by atoms with Crippen LogP contribution in [0.25, 0.3) is 10.9 Å². The highest BCUT2D eigenvalue weighted by Gasteiger charge is 2.18.